The van der Waals surface area contributed by atoms with E-state index < -0.39 is 0 Å². The van der Waals surface area contributed by atoms with E-state index in [0.29, 0.717) is 0 Å². The van der Waals surface area contributed by atoms with Crippen molar-refractivity contribution in [2.24, 2.45) is 0 Å². The molecule has 0 radical (unpaired) electrons. The van der Waals surface area contributed by atoms with Crippen LogP contribution >= 0.6 is 12.6 Å². The molecule has 1 rings (SSSR count). The molecule has 1 saturated heterocycles. The van der Waals surface area contributed by atoms with Crippen LogP contribution in [0.2, 0.25) is 0 Å². The monoisotopic (exact) mass is 232 g/mol. The zero-order valence-corrected chi connectivity index (χ0v) is 10.7. The third-order valence-corrected chi connectivity index (χ3v) is 3.03. The molecule has 1 fully saturated rings. The first-order chi connectivity index (χ1) is 7.33. The summed E-state index contributed by atoms with van der Waals surface area (Å²) in [6.45, 7) is 7.59. The molecule has 1 aliphatic heterocycles. The molecular weight excluding hydrogens is 208 g/mol. The highest BCUT2D eigenvalue weighted by atomic mass is 32.1. The molecule has 0 atom stereocenters. The van der Waals surface area contributed by atoms with Gasteiger partial charge in [0.1, 0.15) is 0 Å². The highest BCUT2D eigenvalue weighted by molar-refractivity contribution is 7.80. The van der Waals surface area contributed by atoms with Gasteiger partial charge >= 0.3 is 0 Å². The Balaban J connectivity index is 1.90. The summed E-state index contributed by atoms with van der Waals surface area (Å²) in [4.78, 5) is 4.89. The molecule has 0 aromatic heterocycles. The SMILES string of the molecule is CN(CCOCCS)CCN1CCCC1. The van der Waals surface area contributed by atoms with Gasteiger partial charge in [-0.15, -0.1) is 0 Å². The summed E-state index contributed by atoms with van der Waals surface area (Å²) in [6.07, 6.45) is 2.77. The molecule has 0 amide bonds. The highest BCUT2D eigenvalue weighted by Gasteiger charge is 2.11. The lowest BCUT2D eigenvalue weighted by Crippen LogP contribution is -2.33. The van der Waals surface area contributed by atoms with Crippen molar-refractivity contribution in [2.45, 2.75) is 12.8 Å². The van der Waals surface area contributed by atoms with Gasteiger partial charge in [-0.05, 0) is 33.0 Å². The summed E-state index contributed by atoms with van der Waals surface area (Å²) in [6, 6.07) is 0. The van der Waals surface area contributed by atoms with Crippen molar-refractivity contribution < 1.29 is 4.74 Å². The third-order valence-electron chi connectivity index (χ3n) is 2.85. The van der Waals surface area contributed by atoms with Gasteiger partial charge in [0.2, 0.25) is 0 Å². The summed E-state index contributed by atoms with van der Waals surface area (Å²) in [5.41, 5.74) is 0. The van der Waals surface area contributed by atoms with Gasteiger partial charge in [0, 0.05) is 25.4 Å². The van der Waals surface area contributed by atoms with Gasteiger partial charge in [-0.3, -0.25) is 0 Å². The topological polar surface area (TPSA) is 15.7 Å². The van der Waals surface area contributed by atoms with E-state index in [2.05, 4.69) is 29.5 Å². The fraction of sp³-hybridized carbons (Fsp3) is 1.00. The molecule has 0 aliphatic carbocycles. The van der Waals surface area contributed by atoms with Crippen molar-refractivity contribution in [2.75, 3.05) is 58.7 Å². The fourth-order valence-corrected chi connectivity index (χ4v) is 1.95. The fourth-order valence-electron chi connectivity index (χ4n) is 1.82. The minimum absolute atomic E-state index is 0.767. The van der Waals surface area contributed by atoms with E-state index in [-0.39, 0.29) is 0 Å². The quantitative estimate of drug-likeness (QED) is 0.496. The van der Waals surface area contributed by atoms with Crippen molar-refractivity contribution in [3.8, 4) is 0 Å². The Morgan fingerprint density at radius 1 is 1.20 bits per heavy atom. The number of nitrogens with zero attached hydrogens (tertiary/aromatic N) is 2. The Kier molecular flexibility index (Phi) is 7.44. The van der Waals surface area contributed by atoms with Crippen LogP contribution in [0.4, 0.5) is 0 Å². The van der Waals surface area contributed by atoms with E-state index in [9.17, 15) is 0 Å². The second-order valence-electron chi connectivity index (χ2n) is 4.19. The maximum absolute atomic E-state index is 5.39. The summed E-state index contributed by atoms with van der Waals surface area (Å²) < 4.78 is 5.39. The van der Waals surface area contributed by atoms with Crippen LogP contribution in [0.3, 0.4) is 0 Å². The van der Waals surface area contributed by atoms with Crippen LogP contribution in [-0.4, -0.2) is 68.5 Å². The van der Waals surface area contributed by atoms with Gasteiger partial charge in [0.25, 0.3) is 0 Å². The van der Waals surface area contributed by atoms with Crippen molar-refractivity contribution in [1.29, 1.82) is 0 Å². The van der Waals surface area contributed by atoms with Crippen molar-refractivity contribution >= 4 is 12.6 Å². The van der Waals surface area contributed by atoms with E-state index in [1.165, 1.54) is 32.5 Å². The number of likely N-dealkylation sites (N-methyl/N-ethyl adjacent to an activating group) is 1. The minimum atomic E-state index is 0.767. The summed E-state index contributed by atoms with van der Waals surface area (Å²) in [7, 11) is 2.17. The van der Waals surface area contributed by atoms with E-state index >= 15 is 0 Å². The lowest BCUT2D eigenvalue weighted by molar-refractivity contribution is 0.120. The van der Waals surface area contributed by atoms with Gasteiger partial charge in [-0.2, -0.15) is 12.6 Å². The third kappa shape index (κ3) is 6.40. The predicted molar refractivity (Wildman–Crippen MR) is 67.8 cm³/mol. The lowest BCUT2D eigenvalue weighted by atomic mass is 10.4. The molecule has 3 nitrogen and oxygen atoms in total. The van der Waals surface area contributed by atoms with Crippen LogP contribution in [0.5, 0.6) is 0 Å². The van der Waals surface area contributed by atoms with Gasteiger partial charge in [-0.25, -0.2) is 0 Å². The summed E-state index contributed by atoms with van der Waals surface area (Å²) in [5.74, 6) is 0.817. The number of thiol groups is 1. The molecule has 15 heavy (non-hydrogen) atoms. The second-order valence-corrected chi connectivity index (χ2v) is 4.64. The first-order valence-electron chi connectivity index (χ1n) is 5.92. The van der Waals surface area contributed by atoms with Crippen LogP contribution in [-0.2, 0) is 4.74 Å². The molecule has 90 valence electrons. The van der Waals surface area contributed by atoms with Crippen molar-refractivity contribution in [3.05, 3.63) is 0 Å². The van der Waals surface area contributed by atoms with E-state index in [1.54, 1.807) is 0 Å². The van der Waals surface area contributed by atoms with Crippen LogP contribution < -0.4 is 0 Å². The lowest BCUT2D eigenvalue weighted by Gasteiger charge is -2.21. The molecule has 0 saturated carbocycles. The molecule has 4 heteroatoms. The van der Waals surface area contributed by atoms with E-state index in [1.807, 2.05) is 0 Å². The maximum atomic E-state index is 5.39. The van der Waals surface area contributed by atoms with Gasteiger partial charge < -0.3 is 14.5 Å². The maximum Gasteiger partial charge on any atom is 0.0593 e. The number of hydrogen-bond acceptors (Lipinski definition) is 4. The normalized spacial score (nSPS) is 17.8. The van der Waals surface area contributed by atoms with E-state index in [0.717, 1.165) is 32.1 Å². The number of rotatable bonds is 8. The highest BCUT2D eigenvalue weighted by Crippen LogP contribution is 2.06. The molecule has 1 aliphatic rings. The molecule has 0 unspecified atom stereocenters. The molecule has 0 spiro atoms. The Bertz CT molecular complexity index is 152. The Labute approximate surface area is 99.2 Å². The Hall–Kier alpha value is 0.230. The molecule has 0 N–H and O–H groups in total. The van der Waals surface area contributed by atoms with Gasteiger partial charge in [-0.1, -0.05) is 0 Å². The molecular formula is C11H24N2OS. The van der Waals surface area contributed by atoms with Gasteiger partial charge in [0.15, 0.2) is 0 Å². The molecule has 0 aromatic rings. The van der Waals surface area contributed by atoms with Crippen molar-refractivity contribution in [3.63, 3.8) is 0 Å². The summed E-state index contributed by atoms with van der Waals surface area (Å²) in [5, 5.41) is 0. The first-order valence-corrected chi connectivity index (χ1v) is 6.55. The summed E-state index contributed by atoms with van der Waals surface area (Å²) >= 11 is 4.10. The average molecular weight is 232 g/mol. The number of likely N-dealkylation sites (tertiary alicyclic amines) is 1. The van der Waals surface area contributed by atoms with Crippen molar-refractivity contribution in [1.82, 2.24) is 9.80 Å². The number of hydrogen-bond donors (Lipinski definition) is 1. The first kappa shape index (κ1) is 13.3. The standard InChI is InChI=1S/C11H24N2OS/c1-12(8-9-14-10-11-15)6-7-13-4-2-3-5-13/h15H,2-11H2,1H3. The average Bonchev–Trinajstić information content (AvgIpc) is 2.74. The predicted octanol–water partition coefficient (Wildman–Crippen LogP) is 0.960. The molecule has 0 bridgehead atoms. The van der Waals surface area contributed by atoms with E-state index in [4.69, 9.17) is 4.74 Å². The smallest absolute Gasteiger partial charge is 0.0593 e. The Morgan fingerprint density at radius 3 is 2.60 bits per heavy atom. The molecule has 0 aromatic carbocycles. The van der Waals surface area contributed by atoms with Crippen LogP contribution in [0, 0.1) is 0 Å². The Morgan fingerprint density at radius 2 is 1.93 bits per heavy atom. The zero-order chi connectivity index (χ0) is 10.9. The van der Waals surface area contributed by atoms with Crippen LogP contribution in [0.15, 0.2) is 0 Å². The largest absolute Gasteiger partial charge is 0.379 e. The minimum Gasteiger partial charge on any atom is -0.379 e. The second kappa shape index (κ2) is 8.39. The van der Waals surface area contributed by atoms with Crippen LogP contribution in [0.1, 0.15) is 12.8 Å². The van der Waals surface area contributed by atoms with Gasteiger partial charge in [0.05, 0.1) is 13.2 Å². The number of ether oxygens (including phenoxy) is 1. The zero-order valence-electron chi connectivity index (χ0n) is 9.82. The van der Waals surface area contributed by atoms with Crippen LogP contribution in [0.25, 0.3) is 0 Å². The molecule has 1 heterocycles.